The first-order valence-electron chi connectivity index (χ1n) is 7.44. The Morgan fingerprint density at radius 1 is 1.17 bits per heavy atom. The molecule has 0 aliphatic carbocycles. The van der Waals surface area contributed by atoms with Gasteiger partial charge in [0.25, 0.3) is 0 Å². The maximum absolute atomic E-state index is 10.5. The summed E-state index contributed by atoms with van der Waals surface area (Å²) < 4.78 is 0. The van der Waals surface area contributed by atoms with Gasteiger partial charge in [-0.05, 0) is 32.9 Å². The number of hydrogen-bond donors (Lipinski definition) is 0. The second kappa shape index (κ2) is 13.1. The highest BCUT2D eigenvalue weighted by Gasteiger charge is 2.25. The van der Waals surface area contributed by atoms with Crippen LogP contribution in [0, 0.1) is 5.92 Å². The van der Waals surface area contributed by atoms with Gasteiger partial charge in [-0.15, -0.1) is 0 Å². The molecule has 3 atom stereocenters. The number of aldehydes is 1. The molecule has 0 aromatic heterocycles. The van der Waals surface area contributed by atoms with Gasteiger partial charge >= 0.3 is 0 Å². The Balaban J connectivity index is 0. The summed E-state index contributed by atoms with van der Waals surface area (Å²) in [6, 6.07) is 0.500. The highest BCUT2D eigenvalue weighted by Crippen LogP contribution is 2.30. The summed E-state index contributed by atoms with van der Waals surface area (Å²) >= 11 is 0. The molecule has 0 aliphatic rings. The zero-order valence-electron chi connectivity index (χ0n) is 13.3. The first kappa shape index (κ1) is 20.0. The third-order valence-electron chi connectivity index (χ3n) is 3.38. The van der Waals surface area contributed by atoms with Crippen LogP contribution < -0.4 is 0 Å². The fourth-order valence-electron chi connectivity index (χ4n) is 2.41. The molecule has 2 nitrogen and oxygen atoms in total. The highest BCUT2D eigenvalue weighted by atomic mass is 16.1. The molecule has 2 radical (unpaired) electrons. The normalized spacial score (nSPS) is 15.5. The van der Waals surface area contributed by atoms with Gasteiger partial charge in [0, 0.05) is 12.5 Å². The first-order valence-corrected chi connectivity index (χ1v) is 7.44. The van der Waals surface area contributed by atoms with E-state index in [0.717, 1.165) is 32.0 Å². The van der Waals surface area contributed by atoms with E-state index in [1.807, 2.05) is 13.8 Å². The Morgan fingerprint density at radius 3 is 2.06 bits per heavy atom. The van der Waals surface area contributed by atoms with Crippen LogP contribution >= 0.6 is 0 Å². The van der Waals surface area contributed by atoms with Gasteiger partial charge in [0.1, 0.15) is 6.29 Å². The van der Waals surface area contributed by atoms with E-state index in [1.54, 1.807) is 0 Å². The Bertz CT molecular complexity index is 185. The molecular formula is C15H32BNO. The van der Waals surface area contributed by atoms with Crippen molar-refractivity contribution in [2.24, 2.45) is 5.92 Å². The number of carbonyl (C=O) groups is 1. The standard InChI is InChI=1S/C13H26BNO.C2H6/c1-5-8-13(15(3)4)11(9-7-10-16)12(14)6-2;1-2/h10-13H,5-9H2,1-4H3;1-2H3. The first-order chi connectivity index (χ1) is 8.58. The smallest absolute Gasteiger partial charge is 0.120 e. The second-order valence-corrected chi connectivity index (χ2v) is 4.80. The van der Waals surface area contributed by atoms with Crippen LogP contribution in [0.15, 0.2) is 0 Å². The second-order valence-electron chi connectivity index (χ2n) is 4.80. The van der Waals surface area contributed by atoms with Gasteiger partial charge < -0.3 is 9.69 Å². The number of nitrogens with zero attached hydrogens (tertiary/aromatic N) is 1. The Morgan fingerprint density at radius 2 is 1.72 bits per heavy atom. The van der Waals surface area contributed by atoms with Gasteiger partial charge in [-0.25, -0.2) is 0 Å². The molecular weight excluding hydrogens is 221 g/mol. The maximum atomic E-state index is 10.5. The molecule has 0 aromatic carbocycles. The summed E-state index contributed by atoms with van der Waals surface area (Å²) in [7, 11) is 10.4. The van der Waals surface area contributed by atoms with Crippen LogP contribution in [-0.4, -0.2) is 39.2 Å². The van der Waals surface area contributed by atoms with Crippen molar-refractivity contribution >= 4 is 14.1 Å². The molecule has 0 bridgehead atoms. The van der Waals surface area contributed by atoms with Gasteiger partial charge in [0.15, 0.2) is 0 Å². The van der Waals surface area contributed by atoms with E-state index in [4.69, 9.17) is 7.85 Å². The topological polar surface area (TPSA) is 20.3 Å². The predicted octanol–water partition coefficient (Wildman–Crippen LogP) is 3.71. The van der Waals surface area contributed by atoms with Crippen molar-refractivity contribution in [1.29, 1.82) is 0 Å². The molecule has 0 saturated heterocycles. The van der Waals surface area contributed by atoms with Crippen LogP contribution in [-0.2, 0) is 4.79 Å². The van der Waals surface area contributed by atoms with Gasteiger partial charge in [-0.3, -0.25) is 0 Å². The SMILES string of the molecule is CC.[B]C(CC)C(CCC=O)C(CCC)N(C)C. The van der Waals surface area contributed by atoms with Crippen molar-refractivity contribution in [3.05, 3.63) is 0 Å². The monoisotopic (exact) mass is 253 g/mol. The third kappa shape index (κ3) is 7.91. The van der Waals surface area contributed by atoms with Gasteiger partial charge in [-0.1, -0.05) is 46.4 Å². The van der Waals surface area contributed by atoms with Crippen molar-refractivity contribution in [2.45, 2.75) is 71.7 Å². The molecule has 0 aliphatic heterocycles. The molecule has 0 fully saturated rings. The molecule has 0 heterocycles. The lowest BCUT2D eigenvalue weighted by molar-refractivity contribution is -0.108. The molecule has 0 N–H and O–H groups in total. The summed E-state index contributed by atoms with van der Waals surface area (Å²) in [5, 5.41) is 0. The lowest BCUT2D eigenvalue weighted by Crippen LogP contribution is -2.37. The zero-order valence-corrected chi connectivity index (χ0v) is 13.3. The molecule has 0 amide bonds. The van der Waals surface area contributed by atoms with Crippen molar-refractivity contribution in [3.8, 4) is 0 Å². The molecule has 0 saturated carbocycles. The quantitative estimate of drug-likeness (QED) is 0.461. The van der Waals surface area contributed by atoms with Gasteiger partial charge in [0.2, 0.25) is 0 Å². The zero-order chi connectivity index (χ0) is 14.6. The minimum absolute atomic E-state index is 0.207. The van der Waals surface area contributed by atoms with E-state index in [9.17, 15) is 4.79 Å². The van der Waals surface area contributed by atoms with Crippen molar-refractivity contribution < 1.29 is 4.79 Å². The Labute approximate surface area is 116 Å². The van der Waals surface area contributed by atoms with E-state index in [0.29, 0.717) is 18.4 Å². The minimum Gasteiger partial charge on any atom is -0.306 e. The van der Waals surface area contributed by atoms with Crippen LogP contribution in [0.3, 0.4) is 0 Å². The molecule has 18 heavy (non-hydrogen) atoms. The number of carbonyl (C=O) groups excluding carboxylic acids is 1. The molecule has 106 valence electrons. The maximum Gasteiger partial charge on any atom is 0.120 e. The number of hydrogen-bond acceptors (Lipinski definition) is 2. The van der Waals surface area contributed by atoms with Crippen molar-refractivity contribution in [3.63, 3.8) is 0 Å². The minimum atomic E-state index is 0.207. The Hall–Kier alpha value is -0.305. The van der Waals surface area contributed by atoms with Crippen LogP contribution in [0.1, 0.15) is 59.8 Å². The number of rotatable bonds is 9. The average Bonchev–Trinajstić information content (AvgIpc) is 2.39. The largest absolute Gasteiger partial charge is 0.306 e. The van der Waals surface area contributed by atoms with Crippen molar-refractivity contribution in [1.82, 2.24) is 4.90 Å². The molecule has 0 aromatic rings. The van der Waals surface area contributed by atoms with Crippen LogP contribution in [0.5, 0.6) is 0 Å². The van der Waals surface area contributed by atoms with E-state index in [1.165, 1.54) is 0 Å². The summed E-state index contributed by atoms with van der Waals surface area (Å²) in [6.07, 6.45) is 5.86. The van der Waals surface area contributed by atoms with Crippen LogP contribution in [0.2, 0.25) is 5.82 Å². The fraction of sp³-hybridized carbons (Fsp3) is 0.933. The van der Waals surface area contributed by atoms with E-state index in [2.05, 4.69) is 32.8 Å². The predicted molar refractivity (Wildman–Crippen MR) is 82.3 cm³/mol. The molecule has 3 heteroatoms. The Kier molecular flexibility index (Phi) is 14.6. The van der Waals surface area contributed by atoms with Gasteiger partial charge in [0.05, 0.1) is 7.85 Å². The lowest BCUT2D eigenvalue weighted by atomic mass is 9.69. The average molecular weight is 253 g/mol. The lowest BCUT2D eigenvalue weighted by Gasteiger charge is -2.36. The summed E-state index contributed by atoms with van der Waals surface area (Å²) in [5.41, 5.74) is 0. The fourth-order valence-corrected chi connectivity index (χ4v) is 2.41. The summed E-state index contributed by atoms with van der Waals surface area (Å²) in [4.78, 5) is 12.8. The summed E-state index contributed by atoms with van der Waals surface area (Å²) in [6.45, 7) is 8.32. The van der Waals surface area contributed by atoms with E-state index >= 15 is 0 Å². The van der Waals surface area contributed by atoms with E-state index < -0.39 is 0 Å². The van der Waals surface area contributed by atoms with E-state index in [-0.39, 0.29) is 5.82 Å². The highest BCUT2D eigenvalue weighted by molar-refractivity contribution is 6.11. The van der Waals surface area contributed by atoms with Crippen LogP contribution in [0.4, 0.5) is 0 Å². The molecule has 0 rings (SSSR count). The third-order valence-corrected chi connectivity index (χ3v) is 3.38. The molecule has 3 unspecified atom stereocenters. The van der Waals surface area contributed by atoms with Crippen LogP contribution in [0.25, 0.3) is 0 Å². The summed E-state index contributed by atoms with van der Waals surface area (Å²) in [5.74, 6) is 0.643. The molecule has 0 spiro atoms. The van der Waals surface area contributed by atoms with Gasteiger partial charge in [-0.2, -0.15) is 0 Å². The van der Waals surface area contributed by atoms with Crippen molar-refractivity contribution in [2.75, 3.05) is 14.1 Å².